The smallest absolute Gasteiger partial charge is 0.225 e. The van der Waals surface area contributed by atoms with Gasteiger partial charge < -0.3 is 4.90 Å². The van der Waals surface area contributed by atoms with Crippen LogP contribution in [0.5, 0.6) is 0 Å². The van der Waals surface area contributed by atoms with Crippen LogP contribution < -0.4 is 4.90 Å². The van der Waals surface area contributed by atoms with E-state index in [-0.39, 0.29) is 0 Å². The minimum absolute atomic E-state index is 0.472. The first-order chi connectivity index (χ1) is 9.20. The molecule has 0 fully saturated rings. The summed E-state index contributed by atoms with van der Waals surface area (Å²) in [6.45, 7) is 2.70. The fraction of sp³-hybridized carbons (Fsp3) is 0.267. The van der Waals surface area contributed by atoms with E-state index >= 15 is 0 Å². The van der Waals surface area contributed by atoms with Gasteiger partial charge in [0, 0.05) is 31.5 Å². The number of rotatable bonds is 4. The van der Waals surface area contributed by atoms with Gasteiger partial charge in [-0.25, -0.2) is 9.97 Å². The second kappa shape index (κ2) is 5.96. The van der Waals surface area contributed by atoms with E-state index in [0.29, 0.717) is 18.9 Å². The van der Waals surface area contributed by atoms with Gasteiger partial charge in [0.15, 0.2) is 0 Å². The van der Waals surface area contributed by atoms with E-state index in [1.807, 2.05) is 24.3 Å². The first kappa shape index (κ1) is 13.0. The van der Waals surface area contributed by atoms with Crippen molar-refractivity contribution < 1.29 is 0 Å². The summed E-state index contributed by atoms with van der Waals surface area (Å²) in [4.78, 5) is 10.5. The fourth-order valence-electron chi connectivity index (χ4n) is 1.73. The molecule has 0 saturated heterocycles. The number of aromatic nitrogens is 2. The number of nitriles is 1. The van der Waals surface area contributed by atoms with Crippen LogP contribution in [0.1, 0.15) is 12.0 Å². The molecule has 0 N–H and O–H groups in total. The summed E-state index contributed by atoms with van der Waals surface area (Å²) >= 11 is 0. The molecule has 1 aromatic carbocycles. The van der Waals surface area contributed by atoms with Gasteiger partial charge in [0.25, 0.3) is 0 Å². The van der Waals surface area contributed by atoms with E-state index in [1.54, 1.807) is 0 Å². The number of anilines is 1. The maximum atomic E-state index is 8.56. The van der Waals surface area contributed by atoms with Crippen LogP contribution in [0.4, 0.5) is 5.95 Å². The molecule has 0 bridgehead atoms. The van der Waals surface area contributed by atoms with Gasteiger partial charge in [-0.2, -0.15) is 5.26 Å². The average molecular weight is 252 g/mol. The van der Waals surface area contributed by atoms with Crippen LogP contribution in [0, 0.1) is 18.3 Å². The Morgan fingerprint density at radius 2 is 1.74 bits per heavy atom. The van der Waals surface area contributed by atoms with Crippen LogP contribution in [0.2, 0.25) is 0 Å². The Hall–Kier alpha value is -2.41. The Bertz CT molecular complexity index is 567. The van der Waals surface area contributed by atoms with E-state index in [4.69, 9.17) is 5.26 Å². The SMILES string of the molecule is Cc1ccc(-c2cnc(N(C)CCC#N)nc2)cc1. The van der Waals surface area contributed by atoms with Gasteiger partial charge >= 0.3 is 0 Å². The van der Waals surface area contributed by atoms with E-state index in [2.05, 4.69) is 47.2 Å². The molecule has 0 unspecified atom stereocenters. The molecule has 96 valence electrons. The van der Waals surface area contributed by atoms with Crippen molar-refractivity contribution in [3.8, 4) is 17.2 Å². The molecular formula is C15H16N4. The van der Waals surface area contributed by atoms with Crippen LogP contribution in [-0.2, 0) is 0 Å². The van der Waals surface area contributed by atoms with Crippen molar-refractivity contribution in [2.45, 2.75) is 13.3 Å². The van der Waals surface area contributed by atoms with Crippen molar-refractivity contribution in [1.29, 1.82) is 5.26 Å². The monoisotopic (exact) mass is 252 g/mol. The van der Waals surface area contributed by atoms with Crippen molar-refractivity contribution in [2.75, 3.05) is 18.5 Å². The van der Waals surface area contributed by atoms with Crippen LogP contribution >= 0.6 is 0 Å². The zero-order valence-electron chi connectivity index (χ0n) is 11.2. The van der Waals surface area contributed by atoms with E-state index < -0.39 is 0 Å². The second-order valence-electron chi connectivity index (χ2n) is 4.47. The van der Waals surface area contributed by atoms with Gasteiger partial charge in [-0.05, 0) is 12.5 Å². The predicted molar refractivity (Wildman–Crippen MR) is 75.7 cm³/mol. The van der Waals surface area contributed by atoms with Gasteiger partial charge in [-0.3, -0.25) is 0 Å². The summed E-state index contributed by atoms with van der Waals surface area (Å²) in [6, 6.07) is 10.4. The molecule has 2 rings (SSSR count). The molecule has 0 spiro atoms. The third-order valence-corrected chi connectivity index (χ3v) is 2.92. The highest BCUT2D eigenvalue weighted by atomic mass is 15.2. The Labute approximate surface area is 113 Å². The second-order valence-corrected chi connectivity index (χ2v) is 4.47. The number of aryl methyl sites for hydroxylation is 1. The average Bonchev–Trinajstić information content (AvgIpc) is 2.46. The molecule has 1 heterocycles. The minimum Gasteiger partial charge on any atom is -0.343 e. The summed E-state index contributed by atoms with van der Waals surface area (Å²) < 4.78 is 0. The van der Waals surface area contributed by atoms with Crippen molar-refractivity contribution >= 4 is 5.95 Å². The van der Waals surface area contributed by atoms with Crippen molar-refractivity contribution in [3.63, 3.8) is 0 Å². The van der Waals surface area contributed by atoms with E-state index in [0.717, 1.165) is 11.1 Å². The molecule has 4 nitrogen and oxygen atoms in total. The quantitative estimate of drug-likeness (QED) is 0.839. The van der Waals surface area contributed by atoms with Gasteiger partial charge in [0.05, 0.1) is 12.5 Å². The van der Waals surface area contributed by atoms with E-state index in [9.17, 15) is 0 Å². The lowest BCUT2D eigenvalue weighted by Crippen LogP contribution is -2.20. The lowest BCUT2D eigenvalue weighted by molar-refractivity contribution is 0.859. The zero-order chi connectivity index (χ0) is 13.7. The number of benzene rings is 1. The van der Waals surface area contributed by atoms with Crippen LogP contribution in [0.25, 0.3) is 11.1 Å². The zero-order valence-corrected chi connectivity index (χ0v) is 11.2. The topological polar surface area (TPSA) is 52.8 Å². The molecule has 19 heavy (non-hydrogen) atoms. The summed E-state index contributed by atoms with van der Waals surface area (Å²) in [7, 11) is 1.89. The molecule has 0 amide bonds. The summed E-state index contributed by atoms with van der Waals surface area (Å²) in [5.74, 6) is 0.645. The van der Waals surface area contributed by atoms with Gasteiger partial charge in [-0.1, -0.05) is 29.8 Å². The summed E-state index contributed by atoms with van der Waals surface area (Å²) in [5, 5.41) is 8.56. The van der Waals surface area contributed by atoms with Crippen LogP contribution in [0.15, 0.2) is 36.7 Å². The molecule has 1 aromatic heterocycles. The van der Waals surface area contributed by atoms with Gasteiger partial charge in [0.1, 0.15) is 0 Å². The van der Waals surface area contributed by atoms with Gasteiger partial charge in [0.2, 0.25) is 5.95 Å². The molecule has 2 aromatic rings. The normalized spacial score (nSPS) is 9.95. The molecule has 0 aliphatic heterocycles. The molecule has 0 aliphatic rings. The highest BCUT2D eigenvalue weighted by Gasteiger charge is 2.04. The third kappa shape index (κ3) is 3.29. The first-order valence-corrected chi connectivity index (χ1v) is 6.18. The van der Waals surface area contributed by atoms with Gasteiger partial charge in [-0.15, -0.1) is 0 Å². The number of hydrogen-bond acceptors (Lipinski definition) is 4. The Morgan fingerprint density at radius 1 is 1.11 bits per heavy atom. The molecular weight excluding hydrogens is 236 g/mol. The minimum atomic E-state index is 0.472. The summed E-state index contributed by atoms with van der Waals surface area (Å²) in [6.07, 6.45) is 4.10. The molecule has 4 heteroatoms. The molecule has 0 radical (unpaired) electrons. The van der Waals surface area contributed by atoms with E-state index in [1.165, 1.54) is 5.56 Å². The van der Waals surface area contributed by atoms with Crippen LogP contribution in [-0.4, -0.2) is 23.6 Å². The molecule has 0 aliphatic carbocycles. The lowest BCUT2D eigenvalue weighted by Gasteiger charge is -2.14. The first-order valence-electron chi connectivity index (χ1n) is 6.18. The fourth-order valence-corrected chi connectivity index (χ4v) is 1.73. The molecule has 0 saturated carbocycles. The highest BCUT2D eigenvalue weighted by molar-refractivity contribution is 5.62. The number of nitrogens with zero attached hydrogens (tertiary/aromatic N) is 4. The summed E-state index contributed by atoms with van der Waals surface area (Å²) in [5.41, 5.74) is 3.34. The highest BCUT2D eigenvalue weighted by Crippen LogP contribution is 2.19. The van der Waals surface area contributed by atoms with Crippen molar-refractivity contribution in [2.24, 2.45) is 0 Å². The largest absolute Gasteiger partial charge is 0.343 e. The standard InChI is InChI=1S/C15H16N4/c1-12-4-6-13(7-5-12)14-10-17-15(18-11-14)19(2)9-3-8-16/h4-7,10-11H,3,9H2,1-2H3. The maximum Gasteiger partial charge on any atom is 0.225 e. The van der Waals surface area contributed by atoms with Crippen molar-refractivity contribution in [1.82, 2.24) is 9.97 Å². The number of hydrogen-bond donors (Lipinski definition) is 0. The maximum absolute atomic E-state index is 8.56. The Kier molecular flexibility index (Phi) is 4.09. The lowest BCUT2D eigenvalue weighted by atomic mass is 10.1. The predicted octanol–water partition coefficient (Wildman–Crippen LogP) is 2.80. The molecule has 0 atom stereocenters. The van der Waals surface area contributed by atoms with Crippen molar-refractivity contribution in [3.05, 3.63) is 42.2 Å². The Balaban J connectivity index is 2.14. The Morgan fingerprint density at radius 3 is 2.32 bits per heavy atom. The third-order valence-electron chi connectivity index (χ3n) is 2.92. The van der Waals surface area contributed by atoms with Crippen LogP contribution in [0.3, 0.4) is 0 Å².